The van der Waals surface area contributed by atoms with Gasteiger partial charge in [-0.15, -0.1) is 0 Å². The van der Waals surface area contributed by atoms with E-state index in [-0.39, 0.29) is 5.78 Å². The summed E-state index contributed by atoms with van der Waals surface area (Å²) in [7, 11) is 0. The lowest BCUT2D eigenvalue weighted by Gasteiger charge is -2.03. The van der Waals surface area contributed by atoms with Crippen molar-refractivity contribution < 1.29 is 4.79 Å². The molecule has 1 fully saturated rings. The van der Waals surface area contributed by atoms with Crippen molar-refractivity contribution in [3.63, 3.8) is 0 Å². The predicted molar refractivity (Wildman–Crippen MR) is 65.8 cm³/mol. The van der Waals surface area contributed by atoms with Crippen LogP contribution in [0.25, 0.3) is 0 Å². The van der Waals surface area contributed by atoms with E-state index >= 15 is 0 Å². The molecule has 0 amide bonds. The second-order valence-electron chi connectivity index (χ2n) is 4.32. The topological polar surface area (TPSA) is 29.1 Å². The molecule has 2 nitrogen and oxygen atoms in total. The molecule has 3 heteroatoms. The molecule has 0 saturated heterocycles. The first-order chi connectivity index (χ1) is 7.74. The number of Topliss-reactive ketones (excluding diaryl/α,β-unsaturated/α-hetero) is 1. The molecule has 0 atom stereocenters. The van der Waals surface area contributed by atoms with Gasteiger partial charge in [-0.2, -0.15) is 0 Å². The minimum absolute atomic E-state index is 0.274. The quantitative estimate of drug-likeness (QED) is 0.824. The molecule has 1 aliphatic carbocycles. The molecule has 0 spiro atoms. The Hall–Kier alpha value is -0.860. The van der Waals surface area contributed by atoms with Gasteiger partial charge in [0.25, 0.3) is 0 Å². The van der Waals surface area contributed by atoms with Crippen molar-refractivity contribution in [3.8, 4) is 0 Å². The molecular formula is C13H16ClNO. The Labute approximate surface area is 101 Å². The molecule has 1 saturated carbocycles. The SMILES string of the molecule is O=C(CCNC1CC1)Cc1cccc(Cl)c1. The Morgan fingerprint density at radius 2 is 2.25 bits per heavy atom. The second kappa shape index (κ2) is 5.46. The summed E-state index contributed by atoms with van der Waals surface area (Å²) in [5.74, 6) is 0.274. The van der Waals surface area contributed by atoms with E-state index in [1.165, 1.54) is 12.8 Å². The number of halogens is 1. The van der Waals surface area contributed by atoms with Gasteiger partial charge in [0.05, 0.1) is 0 Å². The number of ketones is 1. The number of carbonyl (C=O) groups is 1. The van der Waals surface area contributed by atoms with E-state index in [4.69, 9.17) is 11.6 Å². The van der Waals surface area contributed by atoms with Gasteiger partial charge in [0.15, 0.2) is 0 Å². The number of hydrogen-bond acceptors (Lipinski definition) is 2. The maximum Gasteiger partial charge on any atom is 0.138 e. The first-order valence-corrected chi connectivity index (χ1v) is 6.11. The summed E-state index contributed by atoms with van der Waals surface area (Å²) in [6, 6.07) is 8.18. The van der Waals surface area contributed by atoms with Crippen molar-refractivity contribution in [3.05, 3.63) is 34.9 Å². The number of benzene rings is 1. The maximum atomic E-state index is 11.6. The van der Waals surface area contributed by atoms with Crippen LogP contribution in [0.1, 0.15) is 24.8 Å². The van der Waals surface area contributed by atoms with E-state index in [0.717, 1.165) is 12.1 Å². The first-order valence-electron chi connectivity index (χ1n) is 5.73. The van der Waals surface area contributed by atoms with E-state index in [0.29, 0.717) is 23.9 Å². The van der Waals surface area contributed by atoms with Crippen LogP contribution in [0.2, 0.25) is 5.02 Å². The van der Waals surface area contributed by atoms with Crippen LogP contribution in [-0.4, -0.2) is 18.4 Å². The van der Waals surface area contributed by atoms with Crippen LogP contribution in [0.5, 0.6) is 0 Å². The van der Waals surface area contributed by atoms with E-state index in [9.17, 15) is 4.79 Å². The summed E-state index contributed by atoms with van der Waals surface area (Å²) in [5.41, 5.74) is 1.00. The van der Waals surface area contributed by atoms with Crippen molar-refractivity contribution >= 4 is 17.4 Å². The maximum absolute atomic E-state index is 11.6. The van der Waals surface area contributed by atoms with E-state index in [1.807, 2.05) is 24.3 Å². The van der Waals surface area contributed by atoms with Gasteiger partial charge in [-0.25, -0.2) is 0 Å². The van der Waals surface area contributed by atoms with E-state index in [2.05, 4.69) is 5.32 Å². The minimum atomic E-state index is 0.274. The molecule has 86 valence electrons. The molecule has 1 aromatic carbocycles. The highest BCUT2D eigenvalue weighted by atomic mass is 35.5. The first kappa shape index (κ1) is 11.6. The van der Waals surface area contributed by atoms with Crippen molar-refractivity contribution in [1.29, 1.82) is 0 Å². The van der Waals surface area contributed by atoms with Crippen LogP contribution in [0, 0.1) is 0 Å². The Morgan fingerprint density at radius 3 is 2.94 bits per heavy atom. The number of carbonyl (C=O) groups excluding carboxylic acids is 1. The van der Waals surface area contributed by atoms with Crippen LogP contribution in [0.15, 0.2) is 24.3 Å². The van der Waals surface area contributed by atoms with Gasteiger partial charge >= 0.3 is 0 Å². The third-order valence-electron chi connectivity index (χ3n) is 2.70. The smallest absolute Gasteiger partial charge is 0.138 e. The zero-order chi connectivity index (χ0) is 11.4. The van der Waals surface area contributed by atoms with Crippen molar-refractivity contribution in [2.24, 2.45) is 0 Å². The van der Waals surface area contributed by atoms with Gasteiger partial charge in [-0.3, -0.25) is 4.79 Å². The lowest BCUT2D eigenvalue weighted by molar-refractivity contribution is -0.118. The molecule has 16 heavy (non-hydrogen) atoms. The molecule has 0 radical (unpaired) electrons. The molecule has 0 bridgehead atoms. The Morgan fingerprint density at radius 1 is 1.44 bits per heavy atom. The summed E-state index contributed by atoms with van der Waals surface area (Å²) in [6.07, 6.45) is 3.64. The molecule has 1 N–H and O–H groups in total. The summed E-state index contributed by atoms with van der Waals surface area (Å²) >= 11 is 5.86. The highest BCUT2D eigenvalue weighted by Crippen LogP contribution is 2.18. The normalized spacial score (nSPS) is 15.1. The molecule has 1 aliphatic rings. The summed E-state index contributed by atoms with van der Waals surface area (Å²) < 4.78 is 0. The number of rotatable bonds is 6. The minimum Gasteiger partial charge on any atom is -0.314 e. The van der Waals surface area contributed by atoms with Crippen molar-refractivity contribution in [2.45, 2.75) is 31.7 Å². The van der Waals surface area contributed by atoms with Crippen LogP contribution in [-0.2, 0) is 11.2 Å². The van der Waals surface area contributed by atoms with Crippen molar-refractivity contribution in [2.75, 3.05) is 6.54 Å². The highest BCUT2D eigenvalue weighted by Gasteiger charge is 2.20. The molecule has 0 aromatic heterocycles. The van der Waals surface area contributed by atoms with Crippen molar-refractivity contribution in [1.82, 2.24) is 5.32 Å². The summed E-state index contributed by atoms with van der Waals surface area (Å²) in [5, 5.41) is 4.03. The molecule has 0 unspecified atom stereocenters. The zero-order valence-corrected chi connectivity index (χ0v) is 9.96. The Bertz CT molecular complexity index is 374. The zero-order valence-electron chi connectivity index (χ0n) is 9.21. The number of hydrogen-bond donors (Lipinski definition) is 1. The van der Waals surface area contributed by atoms with Crippen LogP contribution in [0.3, 0.4) is 0 Å². The monoisotopic (exact) mass is 237 g/mol. The fourth-order valence-electron chi connectivity index (χ4n) is 1.67. The summed E-state index contributed by atoms with van der Waals surface area (Å²) in [4.78, 5) is 11.6. The highest BCUT2D eigenvalue weighted by molar-refractivity contribution is 6.30. The Balaban J connectivity index is 1.73. The lowest BCUT2D eigenvalue weighted by Crippen LogP contribution is -2.20. The molecule has 1 aromatic rings. The molecule has 0 aliphatic heterocycles. The second-order valence-corrected chi connectivity index (χ2v) is 4.76. The van der Waals surface area contributed by atoms with Gasteiger partial charge in [0.1, 0.15) is 5.78 Å². The van der Waals surface area contributed by atoms with Crippen LogP contribution >= 0.6 is 11.6 Å². The van der Waals surface area contributed by atoms with Gasteiger partial charge in [-0.1, -0.05) is 23.7 Å². The summed E-state index contributed by atoms with van der Waals surface area (Å²) in [6.45, 7) is 0.810. The Kier molecular flexibility index (Phi) is 3.97. The lowest BCUT2D eigenvalue weighted by atomic mass is 10.1. The van der Waals surface area contributed by atoms with E-state index < -0.39 is 0 Å². The average molecular weight is 238 g/mol. The predicted octanol–water partition coefficient (Wildman–Crippen LogP) is 2.59. The third kappa shape index (κ3) is 3.95. The van der Waals surface area contributed by atoms with Crippen LogP contribution in [0.4, 0.5) is 0 Å². The average Bonchev–Trinajstić information content (AvgIpc) is 3.01. The van der Waals surface area contributed by atoms with Gasteiger partial charge in [0.2, 0.25) is 0 Å². The fraction of sp³-hybridized carbons (Fsp3) is 0.462. The number of nitrogens with one attached hydrogen (secondary N) is 1. The molecule has 0 heterocycles. The molecular weight excluding hydrogens is 222 g/mol. The molecule has 2 rings (SSSR count). The van der Waals surface area contributed by atoms with Crippen LogP contribution < -0.4 is 5.32 Å². The standard InChI is InChI=1S/C13H16ClNO/c14-11-3-1-2-10(8-11)9-13(16)6-7-15-12-4-5-12/h1-3,8,12,15H,4-7,9H2. The third-order valence-corrected chi connectivity index (χ3v) is 2.94. The van der Waals surface area contributed by atoms with E-state index in [1.54, 1.807) is 0 Å². The van der Waals surface area contributed by atoms with Gasteiger partial charge in [-0.05, 0) is 30.5 Å². The van der Waals surface area contributed by atoms with Gasteiger partial charge < -0.3 is 5.32 Å². The van der Waals surface area contributed by atoms with Gasteiger partial charge in [0, 0.05) is 30.5 Å². The largest absolute Gasteiger partial charge is 0.314 e. The fourth-order valence-corrected chi connectivity index (χ4v) is 1.88.